The molecule has 1 N–H and O–H groups in total. The average Bonchev–Trinajstić information content (AvgIpc) is 2.62. The molecule has 2 heterocycles. The number of nitrogens with zero attached hydrogens (tertiary/aromatic N) is 2. The number of hydrogen-bond acceptors (Lipinski definition) is 4. The van der Waals surface area contributed by atoms with Crippen molar-refractivity contribution in [2.75, 3.05) is 19.6 Å². The maximum Gasteiger partial charge on any atom is 0.410 e. The van der Waals surface area contributed by atoms with Crippen LogP contribution in [0.1, 0.15) is 39.2 Å². The van der Waals surface area contributed by atoms with Gasteiger partial charge in [0.05, 0.1) is 25.3 Å². The number of amides is 2. The molecule has 2 unspecified atom stereocenters. The van der Waals surface area contributed by atoms with E-state index in [0.29, 0.717) is 32.5 Å². The zero-order valence-corrected chi connectivity index (χ0v) is 16.8. The summed E-state index contributed by atoms with van der Waals surface area (Å²) in [6.07, 6.45) is 0.198. The van der Waals surface area contributed by atoms with E-state index in [4.69, 9.17) is 9.47 Å². The molecule has 0 radical (unpaired) electrons. The molecule has 7 nitrogen and oxygen atoms in total. The van der Waals surface area contributed by atoms with E-state index in [1.807, 2.05) is 30.3 Å². The summed E-state index contributed by atoms with van der Waals surface area (Å²) in [5.74, 6) is 0. The molecule has 0 bridgehead atoms. The maximum absolute atomic E-state index is 12.1. The topological polar surface area (TPSA) is 79.3 Å². The van der Waals surface area contributed by atoms with Gasteiger partial charge in [0, 0.05) is 12.6 Å². The monoisotopic (exact) mass is 390 g/mol. The van der Waals surface area contributed by atoms with Gasteiger partial charge >= 0.3 is 12.2 Å². The lowest BCUT2D eigenvalue weighted by atomic mass is 9.80. The number of likely N-dealkylation sites (tertiary alicyclic amines) is 2. The van der Waals surface area contributed by atoms with E-state index in [2.05, 4.69) is 20.8 Å². The summed E-state index contributed by atoms with van der Waals surface area (Å²) < 4.78 is 11.5. The first-order valence-electron chi connectivity index (χ1n) is 9.84. The molecule has 2 amide bonds. The standard InChI is InChI=1S/C21H30N2O5/c1-21(2,3)18-11-16(9-10-23(18)19(24)25)28-17-12-22(13-17)20(26)27-14-15-7-5-4-6-8-15/h4-8,16-18H,9-14H2,1-3H3,(H,24,25). The van der Waals surface area contributed by atoms with Crippen LogP contribution in [0.5, 0.6) is 0 Å². The van der Waals surface area contributed by atoms with Gasteiger partial charge < -0.3 is 24.4 Å². The number of rotatable bonds is 4. The third-order valence-electron chi connectivity index (χ3n) is 5.50. The summed E-state index contributed by atoms with van der Waals surface area (Å²) in [5.41, 5.74) is 0.815. The Hall–Kier alpha value is -2.28. The van der Waals surface area contributed by atoms with Crippen LogP contribution in [-0.4, -0.2) is 65.0 Å². The Labute approximate surface area is 166 Å². The van der Waals surface area contributed by atoms with Crippen molar-refractivity contribution in [2.24, 2.45) is 5.41 Å². The number of carbonyl (C=O) groups excluding carboxylic acids is 1. The van der Waals surface area contributed by atoms with Crippen LogP contribution in [-0.2, 0) is 16.1 Å². The van der Waals surface area contributed by atoms with E-state index in [9.17, 15) is 14.7 Å². The number of carbonyl (C=O) groups is 2. The second kappa shape index (κ2) is 8.39. The van der Waals surface area contributed by atoms with Gasteiger partial charge in [-0.05, 0) is 23.8 Å². The maximum atomic E-state index is 12.1. The second-order valence-corrected chi connectivity index (χ2v) is 8.71. The molecule has 0 saturated carbocycles. The minimum Gasteiger partial charge on any atom is -0.465 e. The molecule has 2 atom stereocenters. The highest BCUT2D eigenvalue weighted by molar-refractivity contribution is 5.68. The molecule has 2 aliphatic rings. The Balaban J connectivity index is 1.43. The fraction of sp³-hybridized carbons (Fsp3) is 0.619. The Morgan fingerprint density at radius 1 is 1.14 bits per heavy atom. The minimum atomic E-state index is -0.866. The van der Waals surface area contributed by atoms with Crippen molar-refractivity contribution in [1.29, 1.82) is 0 Å². The van der Waals surface area contributed by atoms with Crippen molar-refractivity contribution in [1.82, 2.24) is 9.80 Å². The van der Waals surface area contributed by atoms with E-state index in [1.54, 1.807) is 4.90 Å². The molecule has 2 saturated heterocycles. The summed E-state index contributed by atoms with van der Waals surface area (Å²) in [6.45, 7) is 7.97. The molecule has 1 aromatic rings. The van der Waals surface area contributed by atoms with Gasteiger partial charge in [0.2, 0.25) is 0 Å². The molecule has 2 aliphatic heterocycles. The number of carboxylic acid groups (broad SMARTS) is 1. The number of hydrogen-bond donors (Lipinski definition) is 1. The van der Waals surface area contributed by atoms with Crippen molar-refractivity contribution in [3.63, 3.8) is 0 Å². The van der Waals surface area contributed by atoms with E-state index < -0.39 is 6.09 Å². The van der Waals surface area contributed by atoms with Gasteiger partial charge in [-0.1, -0.05) is 51.1 Å². The number of benzene rings is 1. The van der Waals surface area contributed by atoms with E-state index in [-0.39, 0.29) is 36.4 Å². The third kappa shape index (κ3) is 4.95. The lowest BCUT2D eigenvalue weighted by molar-refractivity contribution is -0.114. The highest BCUT2D eigenvalue weighted by Gasteiger charge is 2.41. The van der Waals surface area contributed by atoms with E-state index >= 15 is 0 Å². The largest absolute Gasteiger partial charge is 0.465 e. The summed E-state index contributed by atoms with van der Waals surface area (Å²) >= 11 is 0. The third-order valence-corrected chi connectivity index (χ3v) is 5.50. The smallest absolute Gasteiger partial charge is 0.410 e. The predicted octanol–water partition coefficient (Wildman–Crippen LogP) is 3.58. The SMILES string of the molecule is CC(C)(C)C1CC(OC2CN(C(=O)OCc3ccccc3)C2)CCN1C(=O)O. The summed E-state index contributed by atoms with van der Waals surface area (Å²) in [4.78, 5) is 26.8. The number of ether oxygens (including phenoxy) is 2. The highest BCUT2D eigenvalue weighted by atomic mass is 16.6. The van der Waals surface area contributed by atoms with Crippen LogP contribution in [0, 0.1) is 5.41 Å². The Morgan fingerprint density at radius 2 is 1.82 bits per heavy atom. The minimum absolute atomic E-state index is 0.00808. The fourth-order valence-corrected chi connectivity index (χ4v) is 3.86. The van der Waals surface area contributed by atoms with Crippen LogP contribution in [0.2, 0.25) is 0 Å². The van der Waals surface area contributed by atoms with Gasteiger partial charge in [-0.25, -0.2) is 9.59 Å². The van der Waals surface area contributed by atoms with Crippen LogP contribution in [0.25, 0.3) is 0 Å². The van der Waals surface area contributed by atoms with E-state index in [0.717, 1.165) is 5.56 Å². The zero-order valence-electron chi connectivity index (χ0n) is 16.8. The molecule has 3 rings (SSSR count). The molecule has 2 fully saturated rings. The molecule has 1 aromatic carbocycles. The van der Waals surface area contributed by atoms with Gasteiger partial charge in [0.25, 0.3) is 0 Å². The van der Waals surface area contributed by atoms with Crippen LogP contribution in [0.4, 0.5) is 9.59 Å². The van der Waals surface area contributed by atoms with Crippen molar-refractivity contribution >= 4 is 12.2 Å². The number of piperidine rings is 1. The van der Waals surface area contributed by atoms with Gasteiger partial charge in [-0.2, -0.15) is 0 Å². The van der Waals surface area contributed by atoms with Crippen molar-refractivity contribution < 1.29 is 24.2 Å². The zero-order chi connectivity index (χ0) is 20.3. The average molecular weight is 390 g/mol. The normalized spacial score (nSPS) is 23.2. The molecule has 7 heteroatoms. The Bertz CT molecular complexity index is 682. The van der Waals surface area contributed by atoms with Gasteiger partial charge in [-0.3, -0.25) is 0 Å². The van der Waals surface area contributed by atoms with Crippen molar-refractivity contribution in [3.8, 4) is 0 Å². The molecule has 154 valence electrons. The van der Waals surface area contributed by atoms with Crippen molar-refractivity contribution in [2.45, 2.75) is 58.5 Å². The van der Waals surface area contributed by atoms with Gasteiger partial charge in [-0.15, -0.1) is 0 Å². The summed E-state index contributed by atoms with van der Waals surface area (Å²) in [6, 6.07) is 9.52. The molecular formula is C21H30N2O5. The van der Waals surface area contributed by atoms with E-state index in [1.165, 1.54) is 4.90 Å². The van der Waals surface area contributed by atoms with Crippen LogP contribution < -0.4 is 0 Å². The first kappa shape index (κ1) is 20.5. The Kier molecular flexibility index (Phi) is 6.13. The quantitative estimate of drug-likeness (QED) is 0.850. The molecular weight excluding hydrogens is 360 g/mol. The second-order valence-electron chi connectivity index (χ2n) is 8.71. The highest BCUT2D eigenvalue weighted by Crippen LogP contribution is 2.34. The van der Waals surface area contributed by atoms with Crippen LogP contribution in [0.3, 0.4) is 0 Å². The summed E-state index contributed by atoms with van der Waals surface area (Å²) in [5, 5.41) is 9.45. The first-order valence-corrected chi connectivity index (χ1v) is 9.84. The van der Waals surface area contributed by atoms with Gasteiger partial charge in [0.1, 0.15) is 6.61 Å². The van der Waals surface area contributed by atoms with Gasteiger partial charge in [0.15, 0.2) is 0 Å². The Morgan fingerprint density at radius 3 is 2.43 bits per heavy atom. The van der Waals surface area contributed by atoms with Crippen LogP contribution in [0.15, 0.2) is 30.3 Å². The summed E-state index contributed by atoms with van der Waals surface area (Å²) in [7, 11) is 0. The first-order chi connectivity index (χ1) is 13.2. The predicted molar refractivity (Wildman–Crippen MR) is 104 cm³/mol. The molecule has 0 aliphatic carbocycles. The van der Waals surface area contributed by atoms with Crippen LogP contribution >= 0.6 is 0 Å². The lowest BCUT2D eigenvalue weighted by Crippen LogP contribution is -2.58. The molecule has 0 spiro atoms. The molecule has 0 aromatic heterocycles. The van der Waals surface area contributed by atoms with Crippen molar-refractivity contribution in [3.05, 3.63) is 35.9 Å². The fourth-order valence-electron chi connectivity index (χ4n) is 3.86. The lowest BCUT2D eigenvalue weighted by Gasteiger charge is -2.46. The molecule has 28 heavy (non-hydrogen) atoms.